The van der Waals surface area contributed by atoms with Gasteiger partial charge in [-0.3, -0.25) is 4.79 Å². The lowest BCUT2D eigenvalue weighted by Crippen LogP contribution is -2.32. The van der Waals surface area contributed by atoms with Crippen LogP contribution >= 0.6 is 0 Å². The summed E-state index contributed by atoms with van der Waals surface area (Å²) in [7, 11) is 0. The fourth-order valence-electron chi connectivity index (χ4n) is 4.07. The largest absolute Gasteiger partial charge is 0.481 e. The van der Waals surface area contributed by atoms with Gasteiger partial charge in [-0.1, -0.05) is 43.5 Å². The van der Waals surface area contributed by atoms with E-state index in [9.17, 15) is 9.90 Å². The van der Waals surface area contributed by atoms with Crippen LogP contribution in [0.4, 0.5) is 0 Å². The minimum atomic E-state index is -0.647. The number of piperidine rings is 1. The van der Waals surface area contributed by atoms with Gasteiger partial charge in [0.1, 0.15) is 0 Å². The molecule has 1 aromatic carbocycles. The summed E-state index contributed by atoms with van der Waals surface area (Å²) in [6.07, 6.45) is 8.75. The Hall–Kier alpha value is -1.35. The molecule has 2 fully saturated rings. The zero-order chi connectivity index (χ0) is 15.4. The molecule has 1 saturated carbocycles. The van der Waals surface area contributed by atoms with Crippen LogP contribution in [0.5, 0.6) is 0 Å². The van der Waals surface area contributed by atoms with Crippen molar-refractivity contribution in [3.05, 3.63) is 35.4 Å². The summed E-state index contributed by atoms with van der Waals surface area (Å²) in [4.78, 5) is 14.3. The van der Waals surface area contributed by atoms with E-state index in [4.69, 9.17) is 0 Å². The van der Waals surface area contributed by atoms with Crippen LogP contribution in [0.3, 0.4) is 0 Å². The van der Waals surface area contributed by atoms with E-state index in [-0.39, 0.29) is 0 Å². The van der Waals surface area contributed by atoms with Gasteiger partial charge in [-0.15, -0.1) is 0 Å². The molecule has 1 aliphatic carbocycles. The highest BCUT2D eigenvalue weighted by molar-refractivity contribution is 5.81. The third-order valence-corrected chi connectivity index (χ3v) is 5.54. The molecular formula is C19H27NO2. The molecule has 2 aliphatic rings. The number of aliphatic carboxylic acids is 1. The Morgan fingerprint density at radius 1 is 1.00 bits per heavy atom. The number of carboxylic acids is 1. The summed E-state index contributed by atoms with van der Waals surface area (Å²) in [6, 6.07) is 8.40. The number of hydrogen-bond donors (Lipinski definition) is 1. The standard InChI is InChI=1S/C19H27NO2/c21-18(22)19(11-2-3-12-19)17-8-6-16(7-9-17)10-15-20-13-4-1-5-14-20/h6-9H,1-5,10-15H2,(H,21,22). The normalized spacial score (nSPS) is 21.8. The van der Waals surface area contributed by atoms with Crippen molar-refractivity contribution in [2.75, 3.05) is 19.6 Å². The highest BCUT2D eigenvalue weighted by Crippen LogP contribution is 2.41. The maximum Gasteiger partial charge on any atom is 0.314 e. The van der Waals surface area contributed by atoms with Crippen LogP contribution in [0.1, 0.15) is 56.1 Å². The van der Waals surface area contributed by atoms with Gasteiger partial charge in [0.15, 0.2) is 0 Å². The van der Waals surface area contributed by atoms with Crippen molar-refractivity contribution in [3.8, 4) is 0 Å². The fourth-order valence-corrected chi connectivity index (χ4v) is 4.07. The topological polar surface area (TPSA) is 40.5 Å². The second-order valence-corrected chi connectivity index (χ2v) is 6.94. The first-order valence-electron chi connectivity index (χ1n) is 8.76. The molecule has 0 spiro atoms. The molecule has 0 aromatic heterocycles. The number of carboxylic acid groups (broad SMARTS) is 1. The summed E-state index contributed by atoms with van der Waals surface area (Å²) in [5.74, 6) is -0.647. The van der Waals surface area contributed by atoms with E-state index in [1.54, 1.807) is 0 Å². The second-order valence-electron chi connectivity index (χ2n) is 6.94. The molecule has 0 atom stereocenters. The van der Waals surface area contributed by atoms with Crippen molar-refractivity contribution >= 4 is 5.97 Å². The van der Waals surface area contributed by atoms with Gasteiger partial charge in [0.25, 0.3) is 0 Å². The maximum atomic E-state index is 11.7. The summed E-state index contributed by atoms with van der Waals surface area (Å²) in [5, 5.41) is 9.65. The second kappa shape index (κ2) is 6.82. The molecule has 0 amide bonds. The third kappa shape index (κ3) is 3.19. The summed E-state index contributed by atoms with van der Waals surface area (Å²) in [6.45, 7) is 3.60. The van der Waals surface area contributed by atoms with Crippen LogP contribution in [0.25, 0.3) is 0 Å². The molecule has 3 heteroatoms. The van der Waals surface area contributed by atoms with E-state index in [1.807, 2.05) is 0 Å². The van der Waals surface area contributed by atoms with E-state index >= 15 is 0 Å². The molecule has 1 N–H and O–H groups in total. The molecule has 1 saturated heterocycles. The number of likely N-dealkylation sites (tertiary alicyclic amines) is 1. The smallest absolute Gasteiger partial charge is 0.314 e. The Kier molecular flexibility index (Phi) is 4.82. The molecule has 1 heterocycles. The lowest BCUT2D eigenvalue weighted by atomic mass is 9.78. The molecule has 3 nitrogen and oxygen atoms in total. The first kappa shape index (κ1) is 15.5. The van der Waals surface area contributed by atoms with Crippen LogP contribution in [0, 0.1) is 0 Å². The molecule has 22 heavy (non-hydrogen) atoms. The van der Waals surface area contributed by atoms with Crippen molar-refractivity contribution in [1.29, 1.82) is 0 Å². The predicted molar refractivity (Wildman–Crippen MR) is 88.2 cm³/mol. The molecular weight excluding hydrogens is 274 g/mol. The zero-order valence-corrected chi connectivity index (χ0v) is 13.4. The van der Waals surface area contributed by atoms with Crippen LogP contribution in [0.15, 0.2) is 24.3 Å². The number of benzene rings is 1. The van der Waals surface area contributed by atoms with Crippen molar-refractivity contribution in [2.45, 2.75) is 56.8 Å². The number of nitrogens with zero attached hydrogens (tertiary/aromatic N) is 1. The zero-order valence-electron chi connectivity index (χ0n) is 13.4. The Morgan fingerprint density at radius 3 is 2.23 bits per heavy atom. The first-order chi connectivity index (χ1) is 10.7. The lowest BCUT2D eigenvalue weighted by molar-refractivity contribution is -0.143. The SMILES string of the molecule is O=C(O)C1(c2ccc(CCN3CCCCC3)cc2)CCCC1. The summed E-state index contributed by atoms with van der Waals surface area (Å²) in [5.41, 5.74) is 1.71. The van der Waals surface area contributed by atoms with E-state index in [1.165, 1.54) is 37.9 Å². The van der Waals surface area contributed by atoms with Gasteiger partial charge in [0, 0.05) is 6.54 Å². The molecule has 1 aliphatic heterocycles. The van der Waals surface area contributed by atoms with E-state index in [0.29, 0.717) is 0 Å². The van der Waals surface area contributed by atoms with Crippen molar-refractivity contribution in [1.82, 2.24) is 4.90 Å². The van der Waals surface area contributed by atoms with Gasteiger partial charge in [0.05, 0.1) is 5.41 Å². The Balaban J connectivity index is 1.63. The van der Waals surface area contributed by atoms with E-state index < -0.39 is 11.4 Å². The molecule has 0 bridgehead atoms. The maximum absolute atomic E-state index is 11.7. The molecule has 1 aromatic rings. The number of rotatable bonds is 5. The third-order valence-electron chi connectivity index (χ3n) is 5.54. The van der Waals surface area contributed by atoms with Crippen LogP contribution in [-0.2, 0) is 16.6 Å². The Morgan fingerprint density at radius 2 is 1.64 bits per heavy atom. The van der Waals surface area contributed by atoms with Gasteiger partial charge in [-0.05, 0) is 56.3 Å². The van der Waals surface area contributed by atoms with E-state index in [0.717, 1.165) is 44.2 Å². The number of carbonyl (C=O) groups is 1. The van der Waals surface area contributed by atoms with Gasteiger partial charge in [0.2, 0.25) is 0 Å². The minimum Gasteiger partial charge on any atom is -0.481 e. The monoisotopic (exact) mass is 301 g/mol. The summed E-state index contributed by atoms with van der Waals surface area (Å²) >= 11 is 0. The average molecular weight is 301 g/mol. The van der Waals surface area contributed by atoms with Gasteiger partial charge >= 0.3 is 5.97 Å². The van der Waals surface area contributed by atoms with Gasteiger partial charge in [-0.2, -0.15) is 0 Å². The molecule has 0 unspecified atom stereocenters. The highest BCUT2D eigenvalue weighted by Gasteiger charge is 2.42. The number of hydrogen-bond acceptors (Lipinski definition) is 2. The Bertz CT molecular complexity index is 497. The average Bonchev–Trinajstić information content (AvgIpc) is 3.05. The minimum absolute atomic E-state index is 0.620. The molecule has 3 rings (SSSR count). The van der Waals surface area contributed by atoms with E-state index in [2.05, 4.69) is 29.2 Å². The van der Waals surface area contributed by atoms with Crippen molar-refractivity contribution in [2.24, 2.45) is 0 Å². The lowest BCUT2D eigenvalue weighted by Gasteiger charge is -2.27. The molecule has 0 radical (unpaired) electrons. The predicted octanol–water partition coefficient (Wildman–Crippen LogP) is 3.61. The Labute approximate surface area is 133 Å². The highest BCUT2D eigenvalue weighted by atomic mass is 16.4. The quantitative estimate of drug-likeness (QED) is 0.903. The van der Waals surface area contributed by atoms with Crippen LogP contribution in [0.2, 0.25) is 0 Å². The van der Waals surface area contributed by atoms with Crippen molar-refractivity contribution in [3.63, 3.8) is 0 Å². The fraction of sp³-hybridized carbons (Fsp3) is 0.632. The van der Waals surface area contributed by atoms with Gasteiger partial charge in [-0.25, -0.2) is 0 Å². The van der Waals surface area contributed by atoms with Gasteiger partial charge < -0.3 is 10.0 Å². The van der Waals surface area contributed by atoms with Crippen molar-refractivity contribution < 1.29 is 9.90 Å². The van der Waals surface area contributed by atoms with Crippen LogP contribution < -0.4 is 0 Å². The molecule has 120 valence electrons. The van der Waals surface area contributed by atoms with Crippen LogP contribution in [-0.4, -0.2) is 35.6 Å². The first-order valence-corrected chi connectivity index (χ1v) is 8.76. The summed E-state index contributed by atoms with van der Waals surface area (Å²) < 4.78 is 0.